The van der Waals surface area contributed by atoms with Gasteiger partial charge in [-0.2, -0.15) is 0 Å². The molecule has 1 saturated heterocycles. The molecule has 0 saturated carbocycles. The number of piperidine rings is 1. The van der Waals surface area contributed by atoms with Gasteiger partial charge in [0.05, 0.1) is 6.04 Å². The van der Waals surface area contributed by atoms with Gasteiger partial charge in [-0.15, -0.1) is 12.4 Å². The lowest BCUT2D eigenvalue weighted by atomic mass is 9.92. The highest BCUT2D eigenvalue weighted by molar-refractivity contribution is 5.85. The fourth-order valence-corrected chi connectivity index (χ4v) is 2.58. The molecule has 2 rings (SSSR count). The highest BCUT2D eigenvalue weighted by Gasteiger charge is 2.25. The van der Waals surface area contributed by atoms with E-state index in [4.69, 9.17) is 0 Å². The van der Waals surface area contributed by atoms with Crippen LogP contribution in [0.5, 0.6) is 5.75 Å². The van der Waals surface area contributed by atoms with Gasteiger partial charge in [0.25, 0.3) is 0 Å². The van der Waals surface area contributed by atoms with Crippen LogP contribution in [0.4, 0.5) is 0 Å². The van der Waals surface area contributed by atoms with Crippen molar-refractivity contribution >= 4 is 18.3 Å². The van der Waals surface area contributed by atoms with Crippen molar-refractivity contribution in [2.45, 2.75) is 38.8 Å². The third-order valence-electron chi connectivity index (χ3n) is 3.72. The zero-order valence-electron chi connectivity index (χ0n) is 11.9. The van der Waals surface area contributed by atoms with Crippen LogP contribution in [0.25, 0.3) is 0 Å². The Labute approximate surface area is 126 Å². The van der Waals surface area contributed by atoms with Crippen LogP contribution in [-0.4, -0.2) is 23.6 Å². The summed E-state index contributed by atoms with van der Waals surface area (Å²) in [4.78, 5) is 12.2. The van der Waals surface area contributed by atoms with Gasteiger partial charge < -0.3 is 15.7 Å². The Morgan fingerprint density at radius 3 is 2.90 bits per heavy atom. The summed E-state index contributed by atoms with van der Waals surface area (Å²) in [5.41, 5.74) is 0.926. The molecule has 1 amide bonds. The number of hydrogen-bond donors (Lipinski definition) is 3. The molecule has 1 heterocycles. The second-order valence-electron chi connectivity index (χ2n) is 5.40. The molecule has 0 radical (unpaired) electrons. The molecule has 1 aliphatic heterocycles. The fraction of sp³-hybridized carbons (Fsp3) is 0.533. The molecule has 5 heteroatoms. The highest BCUT2D eigenvalue weighted by atomic mass is 35.5. The molecular formula is C15H23ClN2O2. The number of aromatic hydroxyl groups is 1. The zero-order chi connectivity index (χ0) is 13.8. The number of carbonyl (C=O) groups excluding carboxylic acids is 1. The molecule has 1 unspecified atom stereocenters. The first-order chi connectivity index (χ1) is 9.06. The molecule has 3 N–H and O–H groups in total. The average molecular weight is 299 g/mol. The van der Waals surface area contributed by atoms with E-state index in [1.807, 2.05) is 13.0 Å². The molecule has 1 aliphatic rings. The minimum atomic E-state index is -0.0789. The maximum atomic E-state index is 12.2. The van der Waals surface area contributed by atoms with E-state index >= 15 is 0 Å². The van der Waals surface area contributed by atoms with E-state index in [9.17, 15) is 9.90 Å². The molecular weight excluding hydrogens is 276 g/mol. The summed E-state index contributed by atoms with van der Waals surface area (Å²) in [6.07, 6.45) is 1.78. The summed E-state index contributed by atoms with van der Waals surface area (Å²) in [6.45, 7) is 4.95. The van der Waals surface area contributed by atoms with E-state index in [1.54, 1.807) is 18.2 Å². The van der Waals surface area contributed by atoms with Crippen molar-refractivity contribution in [2.24, 2.45) is 5.92 Å². The molecule has 1 aromatic carbocycles. The standard InChI is InChI=1S/C15H22N2O2.ClH/c1-10-8-13(6-7-16-10)15(19)17-11(2)12-4-3-5-14(18)9-12;/h3-5,9-11,13,16,18H,6-8H2,1-2H3,(H,17,19);1H/t10-,11?,13-;/m0./s1. The van der Waals surface area contributed by atoms with E-state index in [1.165, 1.54) is 0 Å². The number of rotatable bonds is 3. The van der Waals surface area contributed by atoms with Gasteiger partial charge in [0.15, 0.2) is 0 Å². The maximum Gasteiger partial charge on any atom is 0.223 e. The predicted molar refractivity (Wildman–Crippen MR) is 82.1 cm³/mol. The third-order valence-corrected chi connectivity index (χ3v) is 3.72. The summed E-state index contributed by atoms with van der Waals surface area (Å²) in [5, 5.41) is 15.8. The average Bonchev–Trinajstić information content (AvgIpc) is 2.38. The SMILES string of the molecule is CC(NC(=O)[C@H]1CCN[C@@H](C)C1)c1cccc(O)c1.Cl. The highest BCUT2D eigenvalue weighted by Crippen LogP contribution is 2.20. The van der Waals surface area contributed by atoms with Crippen molar-refractivity contribution in [3.8, 4) is 5.75 Å². The Bertz CT molecular complexity index is 453. The van der Waals surface area contributed by atoms with Crippen LogP contribution in [0.3, 0.4) is 0 Å². The first kappa shape index (κ1) is 16.8. The van der Waals surface area contributed by atoms with Crippen LogP contribution < -0.4 is 10.6 Å². The van der Waals surface area contributed by atoms with E-state index in [-0.39, 0.29) is 36.0 Å². The number of halogens is 1. The lowest BCUT2D eigenvalue weighted by molar-refractivity contribution is -0.126. The van der Waals surface area contributed by atoms with Crippen molar-refractivity contribution in [2.75, 3.05) is 6.54 Å². The summed E-state index contributed by atoms with van der Waals surface area (Å²) < 4.78 is 0. The third kappa shape index (κ3) is 4.39. The quantitative estimate of drug-likeness (QED) is 0.803. The zero-order valence-corrected chi connectivity index (χ0v) is 12.7. The van der Waals surface area contributed by atoms with Gasteiger partial charge in [-0.3, -0.25) is 4.79 Å². The van der Waals surface area contributed by atoms with Crippen LogP contribution in [-0.2, 0) is 4.79 Å². The summed E-state index contributed by atoms with van der Waals surface area (Å²) >= 11 is 0. The Balaban J connectivity index is 0.00000200. The van der Waals surface area contributed by atoms with Crippen molar-refractivity contribution in [1.82, 2.24) is 10.6 Å². The molecule has 0 bridgehead atoms. The number of amides is 1. The second kappa shape index (κ2) is 7.50. The number of phenols is 1. The summed E-state index contributed by atoms with van der Waals surface area (Å²) in [6, 6.07) is 7.35. The number of hydrogen-bond acceptors (Lipinski definition) is 3. The molecule has 0 aromatic heterocycles. The van der Waals surface area contributed by atoms with Gasteiger partial charge in [-0.25, -0.2) is 0 Å². The molecule has 1 aromatic rings. The molecule has 0 aliphatic carbocycles. The predicted octanol–water partition coefficient (Wildman–Crippen LogP) is 2.38. The number of nitrogens with one attached hydrogen (secondary N) is 2. The van der Waals surface area contributed by atoms with Gasteiger partial charge in [0.2, 0.25) is 5.91 Å². The van der Waals surface area contributed by atoms with Crippen LogP contribution in [0, 0.1) is 5.92 Å². The van der Waals surface area contributed by atoms with Crippen molar-refractivity contribution in [3.05, 3.63) is 29.8 Å². The maximum absolute atomic E-state index is 12.2. The van der Waals surface area contributed by atoms with Crippen LogP contribution in [0.15, 0.2) is 24.3 Å². The van der Waals surface area contributed by atoms with E-state index in [2.05, 4.69) is 17.6 Å². The lowest BCUT2D eigenvalue weighted by Gasteiger charge is -2.28. The monoisotopic (exact) mass is 298 g/mol. The largest absolute Gasteiger partial charge is 0.508 e. The molecule has 112 valence electrons. The van der Waals surface area contributed by atoms with Crippen LogP contribution >= 0.6 is 12.4 Å². The molecule has 4 nitrogen and oxygen atoms in total. The minimum Gasteiger partial charge on any atom is -0.508 e. The minimum absolute atomic E-state index is 0. The fourth-order valence-electron chi connectivity index (χ4n) is 2.58. The molecule has 3 atom stereocenters. The summed E-state index contributed by atoms with van der Waals surface area (Å²) in [7, 11) is 0. The number of benzene rings is 1. The topological polar surface area (TPSA) is 61.4 Å². The van der Waals surface area contributed by atoms with E-state index in [0.717, 1.165) is 24.9 Å². The van der Waals surface area contributed by atoms with Gasteiger partial charge in [0, 0.05) is 12.0 Å². The van der Waals surface area contributed by atoms with Gasteiger partial charge in [-0.05, 0) is 50.9 Å². The normalized spacial score (nSPS) is 23.5. The van der Waals surface area contributed by atoms with Gasteiger partial charge in [-0.1, -0.05) is 12.1 Å². The van der Waals surface area contributed by atoms with Gasteiger partial charge >= 0.3 is 0 Å². The summed E-state index contributed by atoms with van der Waals surface area (Å²) in [5.74, 6) is 0.439. The Hall–Kier alpha value is -1.26. The van der Waals surface area contributed by atoms with E-state index < -0.39 is 0 Å². The Morgan fingerprint density at radius 1 is 1.50 bits per heavy atom. The number of carbonyl (C=O) groups is 1. The Kier molecular flexibility index (Phi) is 6.30. The first-order valence-electron chi connectivity index (χ1n) is 6.89. The van der Waals surface area contributed by atoms with Crippen LogP contribution in [0.1, 0.15) is 38.3 Å². The lowest BCUT2D eigenvalue weighted by Crippen LogP contribution is -2.42. The smallest absolute Gasteiger partial charge is 0.223 e. The second-order valence-corrected chi connectivity index (χ2v) is 5.40. The Morgan fingerprint density at radius 2 is 2.25 bits per heavy atom. The molecule has 0 spiro atoms. The van der Waals surface area contributed by atoms with Crippen molar-refractivity contribution < 1.29 is 9.90 Å². The van der Waals surface area contributed by atoms with Crippen molar-refractivity contribution in [1.29, 1.82) is 0 Å². The molecule has 1 fully saturated rings. The van der Waals surface area contributed by atoms with E-state index in [0.29, 0.717) is 6.04 Å². The van der Waals surface area contributed by atoms with Gasteiger partial charge in [0.1, 0.15) is 5.75 Å². The number of phenolic OH excluding ortho intramolecular Hbond substituents is 1. The molecule has 20 heavy (non-hydrogen) atoms. The van der Waals surface area contributed by atoms with Crippen molar-refractivity contribution in [3.63, 3.8) is 0 Å². The van der Waals surface area contributed by atoms with Crippen LogP contribution in [0.2, 0.25) is 0 Å². The first-order valence-corrected chi connectivity index (χ1v) is 6.89.